The third-order valence-corrected chi connectivity index (χ3v) is 3.62. The zero-order valence-electron chi connectivity index (χ0n) is 11.8. The van der Waals surface area contributed by atoms with Gasteiger partial charge in [0.05, 0.1) is 6.10 Å². The molecule has 1 N–H and O–H groups in total. The molecule has 110 valence electrons. The molecule has 2 aromatic heterocycles. The molecule has 0 aliphatic carbocycles. The topological polar surface area (TPSA) is 72.7 Å². The molecule has 1 fully saturated rings. The third-order valence-electron chi connectivity index (χ3n) is 3.62. The molecule has 3 heterocycles. The van der Waals surface area contributed by atoms with Gasteiger partial charge in [-0.3, -0.25) is 14.0 Å². The molecule has 2 aromatic rings. The maximum Gasteiger partial charge on any atom is 0.270 e. The van der Waals surface area contributed by atoms with Gasteiger partial charge in [0.15, 0.2) is 0 Å². The Morgan fingerprint density at radius 2 is 2.43 bits per heavy atom. The molecule has 0 radical (unpaired) electrons. The van der Waals surface area contributed by atoms with Crippen molar-refractivity contribution in [3.05, 3.63) is 46.0 Å². The number of nitrogens with zero attached hydrogens (tertiary/aromatic N) is 2. The molecule has 1 saturated heterocycles. The highest BCUT2D eigenvalue weighted by Gasteiger charge is 2.18. The standard InChI is InChI=1S/C15H17N3O3/c1-10-4-5-18-13(7-10)16-9-12(15(18)20)14(19)17-8-11-3-2-6-21-11/h4-5,7,9,11H,2-3,6,8H2,1H3,(H,17,19)/t11-/m1/s1. The van der Waals surface area contributed by atoms with Crippen LogP contribution in [0.15, 0.2) is 29.3 Å². The molecule has 6 nitrogen and oxygen atoms in total. The zero-order valence-corrected chi connectivity index (χ0v) is 11.8. The summed E-state index contributed by atoms with van der Waals surface area (Å²) in [5, 5.41) is 2.74. The molecule has 1 aliphatic rings. The second-order valence-electron chi connectivity index (χ2n) is 5.25. The van der Waals surface area contributed by atoms with Gasteiger partial charge in [0, 0.05) is 25.5 Å². The lowest BCUT2D eigenvalue weighted by atomic mass is 10.2. The lowest BCUT2D eigenvalue weighted by Crippen LogP contribution is -2.36. The Labute approximate surface area is 121 Å². The van der Waals surface area contributed by atoms with E-state index < -0.39 is 5.91 Å². The molecule has 0 spiro atoms. The quantitative estimate of drug-likeness (QED) is 0.911. The van der Waals surface area contributed by atoms with Crippen molar-refractivity contribution in [1.29, 1.82) is 0 Å². The van der Waals surface area contributed by atoms with Gasteiger partial charge >= 0.3 is 0 Å². The average Bonchev–Trinajstić information content (AvgIpc) is 2.98. The molecule has 3 rings (SSSR count). The number of fused-ring (bicyclic) bond motifs is 1. The van der Waals surface area contributed by atoms with Crippen LogP contribution in [-0.4, -0.2) is 34.5 Å². The van der Waals surface area contributed by atoms with Crippen molar-refractivity contribution in [1.82, 2.24) is 14.7 Å². The van der Waals surface area contributed by atoms with E-state index in [4.69, 9.17) is 4.74 Å². The van der Waals surface area contributed by atoms with Gasteiger partial charge in [0.25, 0.3) is 11.5 Å². The van der Waals surface area contributed by atoms with E-state index in [-0.39, 0.29) is 17.2 Å². The maximum atomic E-state index is 12.3. The molecule has 1 aliphatic heterocycles. The number of ether oxygens (including phenoxy) is 1. The van der Waals surface area contributed by atoms with E-state index in [1.54, 1.807) is 12.3 Å². The van der Waals surface area contributed by atoms with Crippen LogP contribution in [0.25, 0.3) is 5.65 Å². The minimum absolute atomic E-state index is 0.0489. The molecule has 21 heavy (non-hydrogen) atoms. The van der Waals surface area contributed by atoms with Gasteiger partial charge in [0.2, 0.25) is 0 Å². The van der Waals surface area contributed by atoms with Crippen LogP contribution in [0.2, 0.25) is 0 Å². The monoisotopic (exact) mass is 287 g/mol. The predicted octanol–water partition coefficient (Wildman–Crippen LogP) is 0.912. The molecular weight excluding hydrogens is 270 g/mol. The van der Waals surface area contributed by atoms with Crippen LogP contribution in [0, 0.1) is 6.92 Å². The Bertz CT molecular complexity index is 733. The van der Waals surface area contributed by atoms with Crippen LogP contribution in [0.3, 0.4) is 0 Å². The smallest absolute Gasteiger partial charge is 0.270 e. The summed E-state index contributed by atoms with van der Waals surface area (Å²) in [6, 6.07) is 3.61. The van der Waals surface area contributed by atoms with Gasteiger partial charge in [0.1, 0.15) is 11.2 Å². The largest absolute Gasteiger partial charge is 0.376 e. The molecule has 0 unspecified atom stereocenters. The highest BCUT2D eigenvalue weighted by atomic mass is 16.5. The second-order valence-corrected chi connectivity index (χ2v) is 5.25. The van der Waals surface area contributed by atoms with Crippen LogP contribution in [0.1, 0.15) is 28.8 Å². The van der Waals surface area contributed by atoms with Gasteiger partial charge < -0.3 is 10.1 Å². The van der Waals surface area contributed by atoms with Crippen molar-refractivity contribution in [2.75, 3.05) is 13.2 Å². The van der Waals surface area contributed by atoms with Crippen molar-refractivity contribution in [2.45, 2.75) is 25.9 Å². The number of hydrogen-bond acceptors (Lipinski definition) is 4. The Balaban J connectivity index is 1.82. The van der Waals surface area contributed by atoms with E-state index in [0.717, 1.165) is 25.0 Å². The molecule has 6 heteroatoms. The Morgan fingerprint density at radius 3 is 3.19 bits per heavy atom. The minimum Gasteiger partial charge on any atom is -0.376 e. The van der Waals surface area contributed by atoms with E-state index in [2.05, 4.69) is 10.3 Å². The average molecular weight is 287 g/mol. The number of nitrogens with one attached hydrogen (secondary N) is 1. The number of hydrogen-bond donors (Lipinski definition) is 1. The number of amides is 1. The number of carbonyl (C=O) groups is 1. The summed E-state index contributed by atoms with van der Waals surface area (Å²) >= 11 is 0. The SMILES string of the molecule is Cc1ccn2c(=O)c(C(=O)NC[C@H]3CCCO3)cnc2c1. The van der Waals surface area contributed by atoms with E-state index in [9.17, 15) is 9.59 Å². The Kier molecular flexibility index (Phi) is 3.70. The van der Waals surface area contributed by atoms with E-state index in [1.165, 1.54) is 10.6 Å². The summed E-state index contributed by atoms with van der Waals surface area (Å²) in [6.45, 7) is 3.09. The number of aryl methyl sites for hydroxylation is 1. The summed E-state index contributed by atoms with van der Waals surface area (Å²) in [7, 11) is 0. The summed E-state index contributed by atoms with van der Waals surface area (Å²) in [6.07, 6.45) is 4.97. The summed E-state index contributed by atoms with van der Waals surface area (Å²) in [5.74, 6) is -0.405. The van der Waals surface area contributed by atoms with Crippen molar-refractivity contribution < 1.29 is 9.53 Å². The fourth-order valence-electron chi connectivity index (χ4n) is 2.44. The van der Waals surface area contributed by atoms with Gasteiger partial charge in [-0.05, 0) is 37.5 Å². The normalized spacial score (nSPS) is 18.0. The highest BCUT2D eigenvalue weighted by Crippen LogP contribution is 2.10. The predicted molar refractivity (Wildman–Crippen MR) is 77.5 cm³/mol. The number of pyridine rings is 1. The zero-order chi connectivity index (χ0) is 14.8. The van der Waals surface area contributed by atoms with Crippen LogP contribution in [0.5, 0.6) is 0 Å². The maximum absolute atomic E-state index is 12.3. The number of aromatic nitrogens is 2. The van der Waals surface area contributed by atoms with Crippen molar-refractivity contribution in [2.24, 2.45) is 0 Å². The first-order chi connectivity index (χ1) is 10.1. The Hall–Kier alpha value is -2.21. The summed E-state index contributed by atoms with van der Waals surface area (Å²) in [4.78, 5) is 28.6. The van der Waals surface area contributed by atoms with Gasteiger partial charge in [-0.1, -0.05) is 0 Å². The van der Waals surface area contributed by atoms with Crippen molar-refractivity contribution in [3.63, 3.8) is 0 Å². The summed E-state index contributed by atoms with van der Waals surface area (Å²) in [5.41, 5.74) is 1.24. The molecule has 1 atom stereocenters. The third kappa shape index (κ3) is 2.80. The van der Waals surface area contributed by atoms with Crippen LogP contribution in [0.4, 0.5) is 0 Å². The van der Waals surface area contributed by atoms with Gasteiger partial charge in [-0.15, -0.1) is 0 Å². The van der Waals surface area contributed by atoms with Crippen LogP contribution in [-0.2, 0) is 4.74 Å². The molecule has 0 saturated carbocycles. The van der Waals surface area contributed by atoms with Gasteiger partial charge in [-0.2, -0.15) is 0 Å². The lowest BCUT2D eigenvalue weighted by molar-refractivity contribution is 0.0856. The van der Waals surface area contributed by atoms with Crippen LogP contribution < -0.4 is 10.9 Å². The lowest BCUT2D eigenvalue weighted by Gasteiger charge is -2.10. The molecule has 0 bridgehead atoms. The van der Waals surface area contributed by atoms with E-state index >= 15 is 0 Å². The molecular formula is C15H17N3O3. The second kappa shape index (κ2) is 5.65. The van der Waals surface area contributed by atoms with Gasteiger partial charge in [-0.25, -0.2) is 4.98 Å². The number of rotatable bonds is 3. The van der Waals surface area contributed by atoms with Crippen molar-refractivity contribution >= 4 is 11.6 Å². The first-order valence-corrected chi connectivity index (χ1v) is 7.03. The van der Waals surface area contributed by atoms with Crippen molar-refractivity contribution in [3.8, 4) is 0 Å². The fraction of sp³-hybridized carbons (Fsp3) is 0.400. The highest BCUT2D eigenvalue weighted by molar-refractivity contribution is 5.93. The molecule has 1 amide bonds. The molecule has 0 aromatic carbocycles. The summed E-state index contributed by atoms with van der Waals surface area (Å²) < 4.78 is 6.82. The van der Waals surface area contributed by atoms with E-state index in [0.29, 0.717) is 12.2 Å². The first-order valence-electron chi connectivity index (χ1n) is 7.03. The minimum atomic E-state index is -0.405. The Morgan fingerprint density at radius 1 is 1.57 bits per heavy atom. The number of carbonyl (C=O) groups excluding carboxylic acids is 1. The van der Waals surface area contributed by atoms with E-state index in [1.807, 2.05) is 13.0 Å². The fourth-order valence-corrected chi connectivity index (χ4v) is 2.44. The van der Waals surface area contributed by atoms with Crippen LogP contribution >= 0.6 is 0 Å². The first kappa shape index (κ1) is 13.8.